The van der Waals surface area contributed by atoms with Crippen LogP contribution in [0.15, 0.2) is 21.7 Å². The summed E-state index contributed by atoms with van der Waals surface area (Å²) in [6.07, 6.45) is 1.06. The van der Waals surface area contributed by atoms with Gasteiger partial charge in [0.1, 0.15) is 24.2 Å². The average molecular weight is 337 g/mol. The summed E-state index contributed by atoms with van der Waals surface area (Å²) >= 11 is 0. The topological polar surface area (TPSA) is 122 Å². The predicted molar refractivity (Wildman–Crippen MR) is 81.5 cm³/mol. The van der Waals surface area contributed by atoms with E-state index in [0.717, 1.165) is 0 Å². The lowest BCUT2D eigenvalue weighted by Gasteiger charge is -2.43. The molecule has 0 radical (unpaired) electrons. The summed E-state index contributed by atoms with van der Waals surface area (Å²) in [5, 5.41) is 21.8. The van der Waals surface area contributed by atoms with E-state index < -0.39 is 18.6 Å². The molecule has 10 nitrogen and oxygen atoms in total. The Balaban J connectivity index is 1.60. The zero-order chi connectivity index (χ0) is 17.4. The van der Waals surface area contributed by atoms with Gasteiger partial charge >= 0.3 is 0 Å². The molecule has 130 valence electrons. The van der Waals surface area contributed by atoms with Crippen LogP contribution in [-0.2, 0) is 16.1 Å². The van der Waals surface area contributed by atoms with Crippen LogP contribution in [0.4, 0.5) is 0 Å². The van der Waals surface area contributed by atoms with E-state index in [0.29, 0.717) is 5.76 Å². The second-order valence-corrected chi connectivity index (χ2v) is 5.80. The zero-order valence-electron chi connectivity index (χ0n) is 13.3. The number of nitrogens with one attached hydrogen (secondary N) is 1. The molecule has 2 amide bonds. The molecule has 1 aromatic heterocycles. The number of rotatable bonds is 4. The van der Waals surface area contributed by atoms with E-state index in [-0.39, 0.29) is 30.7 Å². The van der Waals surface area contributed by atoms with Crippen LogP contribution in [0.3, 0.4) is 0 Å². The molecule has 0 aliphatic carbocycles. The van der Waals surface area contributed by atoms with E-state index >= 15 is 0 Å². The minimum absolute atomic E-state index is 0.00815. The zero-order valence-corrected chi connectivity index (χ0v) is 13.3. The molecular formula is C14H19N5O5. The SMILES string of the molecule is CN1C(=O)C2C(N=CN2CC(=O)NCc2cc(O)co2)N(C)C1O. The fourth-order valence-corrected chi connectivity index (χ4v) is 2.82. The van der Waals surface area contributed by atoms with Gasteiger partial charge in [-0.1, -0.05) is 0 Å². The Labute approximate surface area is 137 Å². The summed E-state index contributed by atoms with van der Waals surface area (Å²) in [5.41, 5.74) is 0. The van der Waals surface area contributed by atoms with Gasteiger partial charge in [0.15, 0.2) is 12.1 Å². The Morgan fingerprint density at radius 3 is 2.88 bits per heavy atom. The molecule has 1 aromatic rings. The summed E-state index contributed by atoms with van der Waals surface area (Å²) in [7, 11) is 3.16. The lowest BCUT2D eigenvalue weighted by Crippen LogP contribution is -2.66. The Morgan fingerprint density at radius 2 is 2.21 bits per heavy atom. The van der Waals surface area contributed by atoms with Crippen molar-refractivity contribution in [2.24, 2.45) is 4.99 Å². The van der Waals surface area contributed by atoms with E-state index in [1.165, 1.54) is 30.6 Å². The van der Waals surface area contributed by atoms with Crippen LogP contribution < -0.4 is 5.32 Å². The third kappa shape index (κ3) is 2.81. The van der Waals surface area contributed by atoms with Crippen molar-refractivity contribution >= 4 is 18.2 Å². The van der Waals surface area contributed by atoms with Gasteiger partial charge in [0.2, 0.25) is 5.91 Å². The molecule has 1 fully saturated rings. The molecule has 0 bridgehead atoms. The first-order valence-corrected chi connectivity index (χ1v) is 7.37. The van der Waals surface area contributed by atoms with Crippen molar-refractivity contribution in [1.29, 1.82) is 0 Å². The van der Waals surface area contributed by atoms with Crippen LogP contribution in [0.2, 0.25) is 0 Å². The van der Waals surface area contributed by atoms with Crippen molar-refractivity contribution in [2.45, 2.75) is 25.1 Å². The van der Waals surface area contributed by atoms with Gasteiger partial charge in [-0.3, -0.25) is 14.6 Å². The second kappa shape index (κ2) is 6.13. The van der Waals surface area contributed by atoms with Gasteiger partial charge in [0.25, 0.3) is 5.91 Å². The highest BCUT2D eigenvalue weighted by Crippen LogP contribution is 2.25. The minimum atomic E-state index is -1.05. The molecule has 10 heteroatoms. The van der Waals surface area contributed by atoms with Gasteiger partial charge in [0.05, 0.1) is 19.4 Å². The molecule has 0 saturated carbocycles. The number of aliphatic hydroxyl groups is 1. The van der Waals surface area contributed by atoms with Crippen molar-refractivity contribution < 1.29 is 24.2 Å². The fraction of sp³-hybridized carbons (Fsp3) is 0.500. The molecule has 2 aliphatic heterocycles. The van der Waals surface area contributed by atoms with Crippen LogP contribution in [0.25, 0.3) is 0 Å². The maximum absolute atomic E-state index is 12.4. The molecule has 0 spiro atoms. The molecule has 3 heterocycles. The molecule has 3 N–H and O–H groups in total. The number of likely N-dealkylation sites (N-methyl/N-ethyl adjacent to an activating group) is 2. The van der Waals surface area contributed by atoms with Crippen LogP contribution in [0.1, 0.15) is 5.76 Å². The number of furan rings is 1. The molecular weight excluding hydrogens is 318 g/mol. The van der Waals surface area contributed by atoms with E-state index in [9.17, 15) is 19.8 Å². The van der Waals surface area contributed by atoms with Crippen LogP contribution >= 0.6 is 0 Å². The predicted octanol–water partition coefficient (Wildman–Crippen LogP) is -1.68. The Kier molecular flexibility index (Phi) is 4.16. The molecule has 0 aromatic carbocycles. The Bertz CT molecular complexity index is 674. The molecule has 24 heavy (non-hydrogen) atoms. The molecule has 3 atom stereocenters. The first-order valence-electron chi connectivity index (χ1n) is 7.37. The normalized spacial score (nSPS) is 26.8. The van der Waals surface area contributed by atoms with E-state index in [2.05, 4.69) is 10.3 Å². The van der Waals surface area contributed by atoms with Crippen LogP contribution in [0.5, 0.6) is 5.75 Å². The number of hydrogen-bond donors (Lipinski definition) is 3. The molecule has 1 saturated heterocycles. The Morgan fingerprint density at radius 1 is 1.46 bits per heavy atom. The van der Waals surface area contributed by atoms with Crippen LogP contribution in [0, 0.1) is 0 Å². The summed E-state index contributed by atoms with van der Waals surface area (Å²) < 4.78 is 5.03. The van der Waals surface area contributed by atoms with Gasteiger partial charge in [0, 0.05) is 13.1 Å². The van der Waals surface area contributed by atoms with Crippen molar-refractivity contribution in [1.82, 2.24) is 20.0 Å². The highest BCUT2D eigenvalue weighted by Gasteiger charge is 2.48. The number of hydrogen-bond acceptors (Lipinski definition) is 8. The lowest BCUT2D eigenvalue weighted by atomic mass is 10.1. The van der Waals surface area contributed by atoms with Gasteiger partial charge in [-0.15, -0.1) is 0 Å². The first kappa shape index (κ1) is 16.3. The van der Waals surface area contributed by atoms with Gasteiger partial charge in [-0.05, 0) is 7.05 Å². The van der Waals surface area contributed by atoms with E-state index in [1.807, 2.05) is 0 Å². The minimum Gasteiger partial charge on any atom is -0.505 e. The number of aromatic hydroxyl groups is 1. The van der Waals surface area contributed by atoms with Gasteiger partial charge in [-0.25, -0.2) is 4.90 Å². The smallest absolute Gasteiger partial charge is 0.251 e. The first-order chi connectivity index (χ1) is 11.4. The van der Waals surface area contributed by atoms with Crippen molar-refractivity contribution in [2.75, 3.05) is 20.6 Å². The molecule has 3 unspecified atom stereocenters. The van der Waals surface area contributed by atoms with Gasteiger partial charge < -0.3 is 29.7 Å². The summed E-state index contributed by atoms with van der Waals surface area (Å²) in [5.74, 6) is -0.203. The average Bonchev–Trinajstić information content (AvgIpc) is 3.15. The largest absolute Gasteiger partial charge is 0.505 e. The third-order valence-electron chi connectivity index (χ3n) is 4.16. The van der Waals surface area contributed by atoms with Crippen molar-refractivity contribution in [3.63, 3.8) is 0 Å². The number of aliphatic hydroxyl groups excluding tert-OH is 1. The number of carbonyl (C=O) groups excluding carboxylic acids is 2. The molecule has 3 rings (SSSR count). The summed E-state index contributed by atoms with van der Waals surface area (Å²) in [6.45, 7) is 0.0752. The van der Waals surface area contributed by atoms with E-state index in [4.69, 9.17) is 4.42 Å². The second-order valence-electron chi connectivity index (χ2n) is 5.80. The molecule has 2 aliphatic rings. The number of aliphatic imine (C=N–C) groups is 1. The maximum atomic E-state index is 12.4. The van der Waals surface area contributed by atoms with Crippen molar-refractivity contribution in [3.8, 4) is 5.75 Å². The highest BCUT2D eigenvalue weighted by atomic mass is 16.4. The quantitative estimate of drug-likeness (QED) is 0.600. The highest BCUT2D eigenvalue weighted by molar-refractivity contribution is 5.90. The standard InChI is InChI=1S/C14H19N5O5/c1-17-12-11(13(22)18(2)14(17)23)19(7-16-12)5-10(21)15-4-9-3-8(20)6-24-9/h3,6-7,11-12,14,20,23H,4-5H2,1-2H3,(H,15,21). The fourth-order valence-electron chi connectivity index (χ4n) is 2.82. The van der Waals surface area contributed by atoms with Crippen LogP contribution in [-0.4, -0.2) is 82.3 Å². The maximum Gasteiger partial charge on any atom is 0.251 e. The summed E-state index contributed by atoms with van der Waals surface area (Å²) in [6, 6.07) is 0.755. The van der Waals surface area contributed by atoms with E-state index in [1.54, 1.807) is 16.8 Å². The third-order valence-corrected chi connectivity index (χ3v) is 4.16. The Hall–Kier alpha value is -2.59. The number of fused-ring (bicyclic) bond motifs is 1. The number of carbonyl (C=O) groups is 2. The monoisotopic (exact) mass is 337 g/mol. The van der Waals surface area contributed by atoms with Gasteiger partial charge in [-0.2, -0.15) is 0 Å². The number of nitrogens with zero attached hydrogens (tertiary/aromatic N) is 4. The van der Waals surface area contributed by atoms with Crippen molar-refractivity contribution in [3.05, 3.63) is 18.1 Å². The number of amides is 2. The summed E-state index contributed by atoms with van der Waals surface area (Å²) in [4.78, 5) is 33.0. The lowest BCUT2D eigenvalue weighted by molar-refractivity contribution is -0.178.